The van der Waals surface area contributed by atoms with Gasteiger partial charge in [-0.1, -0.05) is 23.8 Å². The molecule has 0 radical (unpaired) electrons. The highest BCUT2D eigenvalue weighted by molar-refractivity contribution is 5.40. The quantitative estimate of drug-likeness (QED) is 0.790. The predicted molar refractivity (Wildman–Crippen MR) is 78.6 cm³/mol. The first-order chi connectivity index (χ1) is 9.76. The SMILES string of the molecule is Cc1ccc(OCc2cn3ccccc3n2)c(CN)c1. The Bertz CT molecular complexity index is 700. The van der Waals surface area contributed by atoms with Gasteiger partial charge in [-0.15, -0.1) is 0 Å². The maximum absolute atomic E-state index is 5.84. The first-order valence-electron chi connectivity index (χ1n) is 6.61. The first kappa shape index (κ1) is 12.7. The summed E-state index contributed by atoms with van der Waals surface area (Å²) in [6.07, 6.45) is 3.95. The second-order valence-electron chi connectivity index (χ2n) is 4.80. The fourth-order valence-electron chi connectivity index (χ4n) is 2.22. The van der Waals surface area contributed by atoms with Crippen LogP contribution in [0.1, 0.15) is 16.8 Å². The van der Waals surface area contributed by atoms with Gasteiger partial charge in [0.15, 0.2) is 0 Å². The Hall–Kier alpha value is -2.33. The molecule has 20 heavy (non-hydrogen) atoms. The van der Waals surface area contributed by atoms with E-state index in [1.165, 1.54) is 5.56 Å². The monoisotopic (exact) mass is 267 g/mol. The fraction of sp³-hybridized carbons (Fsp3) is 0.188. The van der Waals surface area contributed by atoms with Gasteiger partial charge in [0.2, 0.25) is 0 Å². The normalized spacial score (nSPS) is 10.9. The molecule has 0 saturated heterocycles. The Morgan fingerprint density at radius 3 is 2.95 bits per heavy atom. The summed E-state index contributed by atoms with van der Waals surface area (Å²) in [6, 6.07) is 12.0. The first-order valence-corrected chi connectivity index (χ1v) is 6.61. The lowest BCUT2D eigenvalue weighted by Gasteiger charge is -2.09. The van der Waals surface area contributed by atoms with E-state index in [2.05, 4.69) is 11.1 Å². The Labute approximate surface area is 117 Å². The average molecular weight is 267 g/mol. The van der Waals surface area contributed by atoms with E-state index in [1.807, 2.05) is 54.0 Å². The second kappa shape index (κ2) is 5.35. The van der Waals surface area contributed by atoms with Crippen LogP contribution in [0.15, 0.2) is 48.8 Å². The molecule has 4 heteroatoms. The molecule has 3 rings (SSSR count). The number of aromatic nitrogens is 2. The van der Waals surface area contributed by atoms with Gasteiger partial charge in [-0.2, -0.15) is 0 Å². The Morgan fingerprint density at radius 2 is 2.15 bits per heavy atom. The van der Waals surface area contributed by atoms with Gasteiger partial charge in [-0.3, -0.25) is 0 Å². The number of rotatable bonds is 4. The van der Waals surface area contributed by atoms with Crippen molar-refractivity contribution < 1.29 is 4.74 Å². The van der Waals surface area contributed by atoms with E-state index in [0.29, 0.717) is 13.2 Å². The number of nitrogens with zero attached hydrogens (tertiary/aromatic N) is 2. The van der Waals surface area contributed by atoms with E-state index < -0.39 is 0 Å². The third-order valence-electron chi connectivity index (χ3n) is 3.23. The summed E-state index contributed by atoms with van der Waals surface area (Å²) in [5, 5.41) is 0. The summed E-state index contributed by atoms with van der Waals surface area (Å²) in [7, 11) is 0. The number of hydrogen-bond donors (Lipinski definition) is 1. The van der Waals surface area contributed by atoms with Gasteiger partial charge in [0.05, 0.1) is 5.69 Å². The minimum atomic E-state index is 0.442. The molecule has 4 nitrogen and oxygen atoms in total. The lowest BCUT2D eigenvalue weighted by molar-refractivity contribution is 0.299. The zero-order chi connectivity index (χ0) is 13.9. The molecule has 0 fully saturated rings. The largest absolute Gasteiger partial charge is 0.487 e. The molecule has 0 aliphatic rings. The van der Waals surface area contributed by atoms with Crippen molar-refractivity contribution in [3.05, 3.63) is 65.6 Å². The van der Waals surface area contributed by atoms with Crippen LogP contribution < -0.4 is 10.5 Å². The number of ether oxygens (including phenoxy) is 1. The van der Waals surface area contributed by atoms with Gasteiger partial charge in [-0.05, 0) is 25.1 Å². The highest BCUT2D eigenvalue weighted by Crippen LogP contribution is 2.20. The molecule has 0 bridgehead atoms. The zero-order valence-corrected chi connectivity index (χ0v) is 11.4. The molecule has 1 aromatic carbocycles. The van der Waals surface area contributed by atoms with Gasteiger partial charge in [0.25, 0.3) is 0 Å². The van der Waals surface area contributed by atoms with Crippen LogP contribution in [0.3, 0.4) is 0 Å². The summed E-state index contributed by atoms with van der Waals surface area (Å²) in [5.74, 6) is 0.829. The van der Waals surface area contributed by atoms with E-state index in [-0.39, 0.29) is 0 Å². The number of nitrogens with two attached hydrogens (primary N) is 1. The standard InChI is InChI=1S/C16H17N3O/c1-12-5-6-15(13(8-12)9-17)20-11-14-10-19-7-3-2-4-16(19)18-14/h2-8,10H,9,11,17H2,1H3. The van der Waals surface area contributed by atoms with Gasteiger partial charge in [0, 0.05) is 24.5 Å². The Balaban J connectivity index is 1.79. The zero-order valence-electron chi connectivity index (χ0n) is 11.4. The fourth-order valence-corrected chi connectivity index (χ4v) is 2.22. The van der Waals surface area contributed by atoms with Gasteiger partial charge >= 0.3 is 0 Å². The number of imidazole rings is 1. The second-order valence-corrected chi connectivity index (χ2v) is 4.80. The van der Waals surface area contributed by atoms with E-state index in [1.54, 1.807) is 0 Å². The van der Waals surface area contributed by atoms with Gasteiger partial charge < -0.3 is 14.9 Å². The van der Waals surface area contributed by atoms with E-state index in [4.69, 9.17) is 10.5 Å². The molecular formula is C16H17N3O. The number of benzene rings is 1. The van der Waals surface area contributed by atoms with Crippen molar-refractivity contribution in [2.45, 2.75) is 20.1 Å². The van der Waals surface area contributed by atoms with Crippen LogP contribution in [-0.4, -0.2) is 9.38 Å². The molecule has 0 unspecified atom stereocenters. The minimum Gasteiger partial charge on any atom is -0.487 e. The van der Waals surface area contributed by atoms with Crippen LogP contribution in [0.2, 0.25) is 0 Å². The van der Waals surface area contributed by atoms with Crippen LogP contribution in [0.4, 0.5) is 0 Å². The van der Waals surface area contributed by atoms with Crippen molar-refractivity contribution in [1.82, 2.24) is 9.38 Å². The maximum atomic E-state index is 5.84. The molecule has 0 atom stereocenters. The predicted octanol–water partition coefficient (Wildman–Crippen LogP) is 2.68. The lowest BCUT2D eigenvalue weighted by atomic mass is 10.1. The summed E-state index contributed by atoms with van der Waals surface area (Å²) >= 11 is 0. The molecule has 2 aromatic heterocycles. The van der Waals surface area contributed by atoms with Gasteiger partial charge in [0.1, 0.15) is 18.0 Å². The number of fused-ring (bicyclic) bond motifs is 1. The van der Waals surface area contributed by atoms with E-state index in [0.717, 1.165) is 22.7 Å². The molecule has 3 aromatic rings. The third kappa shape index (κ3) is 2.51. The summed E-state index contributed by atoms with van der Waals surface area (Å²) < 4.78 is 7.83. The van der Waals surface area contributed by atoms with Crippen molar-refractivity contribution in [3.63, 3.8) is 0 Å². The average Bonchev–Trinajstić information content (AvgIpc) is 2.88. The molecule has 0 spiro atoms. The molecule has 0 saturated carbocycles. The molecular weight excluding hydrogens is 250 g/mol. The summed E-state index contributed by atoms with van der Waals surface area (Å²) in [4.78, 5) is 4.51. The molecule has 102 valence electrons. The number of pyridine rings is 1. The van der Waals surface area contributed by atoms with Crippen LogP contribution in [-0.2, 0) is 13.2 Å². The van der Waals surface area contributed by atoms with Crippen LogP contribution in [0, 0.1) is 6.92 Å². The number of hydrogen-bond acceptors (Lipinski definition) is 3. The van der Waals surface area contributed by atoms with Crippen molar-refractivity contribution in [1.29, 1.82) is 0 Å². The van der Waals surface area contributed by atoms with Crippen molar-refractivity contribution in [2.24, 2.45) is 5.73 Å². The maximum Gasteiger partial charge on any atom is 0.137 e. The number of aryl methyl sites for hydroxylation is 1. The molecule has 0 amide bonds. The molecule has 0 aliphatic heterocycles. The van der Waals surface area contributed by atoms with Crippen LogP contribution >= 0.6 is 0 Å². The smallest absolute Gasteiger partial charge is 0.137 e. The Morgan fingerprint density at radius 1 is 1.25 bits per heavy atom. The topological polar surface area (TPSA) is 52.5 Å². The highest BCUT2D eigenvalue weighted by atomic mass is 16.5. The summed E-state index contributed by atoms with van der Waals surface area (Å²) in [6.45, 7) is 2.96. The highest BCUT2D eigenvalue weighted by Gasteiger charge is 2.05. The van der Waals surface area contributed by atoms with Gasteiger partial charge in [-0.25, -0.2) is 4.98 Å². The van der Waals surface area contributed by atoms with Crippen LogP contribution in [0.25, 0.3) is 5.65 Å². The third-order valence-corrected chi connectivity index (χ3v) is 3.23. The van der Waals surface area contributed by atoms with Crippen molar-refractivity contribution in [3.8, 4) is 5.75 Å². The van der Waals surface area contributed by atoms with Crippen LogP contribution in [0.5, 0.6) is 5.75 Å². The Kier molecular flexibility index (Phi) is 3.39. The van der Waals surface area contributed by atoms with Crippen molar-refractivity contribution in [2.75, 3.05) is 0 Å². The molecule has 0 aliphatic carbocycles. The van der Waals surface area contributed by atoms with Crippen molar-refractivity contribution >= 4 is 5.65 Å². The molecule has 2 N–H and O–H groups in total. The lowest BCUT2D eigenvalue weighted by Crippen LogP contribution is -2.03. The minimum absolute atomic E-state index is 0.442. The van der Waals surface area contributed by atoms with E-state index in [9.17, 15) is 0 Å². The molecule has 2 heterocycles. The summed E-state index contributed by atoms with van der Waals surface area (Å²) in [5.41, 5.74) is 9.79. The van der Waals surface area contributed by atoms with E-state index >= 15 is 0 Å².